The van der Waals surface area contributed by atoms with Gasteiger partial charge in [0.05, 0.1) is 6.54 Å². The molecule has 0 bridgehead atoms. The van der Waals surface area contributed by atoms with Crippen LogP contribution >= 0.6 is 15.9 Å². The Bertz CT molecular complexity index is 411. The molecule has 0 saturated carbocycles. The molecule has 4 heteroatoms. The Morgan fingerprint density at radius 2 is 1.81 bits per heavy atom. The van der Waals surface area contributed by atoms with Gasteiger partial charge in [0.15, 0.2) is 0 Å². The molecule has 0 atom stereocenters. The highest BCUT2D eigenvalue weighted by molar-refractivity contribution is 9.10. The fraction of sp³-hybridized carbons (Fsp3) is 0.167. The smallest absolute Gasteiger partial charge is 0.119 e. The molecule has 1 aromatic carbocycles. The van der Waals surface area contributed by atoms with Crippen LogP contribution in [0, 0.1) is 0 Å². The molecule has 0 spiro atoms. The standard InChI is InChI=1S/C12H13BrN2O/c13-11-3-5-12(6-4-11)16-10-7-14-15-8-1-2-9-15/h1-6,8-9,14H,7,10H2. The fourth-order valence-corrected chi connectivity index (χ4v) is 1.58. The Kier molecular flexibility index (Phi) is 3.88. The van der Waals surface area contributed by atoms with Gasteiger partial charge in [0.2, 0.25) is 0 Å². The van der Waals surface area contributed by atoms with Gasteiger partial charge in [-0.2, -0.15) is 0 Å². The molecule has 0 aliphatic carbocycles. The topological polar surface area (TPSA) is 26.2 Å². The number of nitrogens with one attached hydrogen (secondary N) is 1. The summed E-state index contributed by atoms with van der Waals surface area (Å²) in [5, 5.41) is 0. The summed E-state index contributed by atoms with van der Waals surface area (Å²) in [4.78, 5) is 0. The van der Waals surface area contributed by atoms with Crippen LogP contribution in [0.3, 0.4) is 0 Å². The number of halogens is 1. The van der Waals surface area contributed by atoms with E-state index in [9.17, 15) is 0 Å². The van der Waals surface area contributed by atoms with Gasteiger partial charge in [0.25, 0.3) is 0 Å². The van der Waals surface area contributed by atoms with E-state index in [1.807, 2.05) is 53.5 Å². The van der Waals surface area contributed by atoms with E-state index in [1.54, 1.807) is 0 Å². The Morgan fingerprint density at radius 3 is 2.50 bits per heavy atom. The van der Waals surface area contributed by atoms with E-state index >= 15 is 0 Å². The number of nitrogens with zero attached hydrogens (tertiary/aromatic N) is 1. The zero-order valence-electron chi connectivity index (χ0n) is 8.77. The largest absolute Gasteiger partial charge is 0.492 e. The van der Waals surface area contributed by atoms with Crippen LogP contribution in [0.4, 0.5) is 0 Å². The summed E-state index contributed by atoms with van der Waals surface area (Å²) in [6, 6.07) is 11.8. The molecule has 2 rings (SSSR count). The van der Waals surface area contributed by atoms with Crippen molar-refractivity contribution in [1.29, 1.82) is 0 Å². The molecule has 0 aliphatic rings. The molecule has 0 fully saturated rings. The lowest BCUT2D eigenvalue weighted by molar-refractivity contribution is 0.328. The maximum Gasteiger partial charge on any atom is 0.119 e. The average molecular weight is 281 g/mol. The van der Waals surface area contributed by atoms with Crippen molar-refractivity contribution in [1.82, 2.24) is 4.68 Å². The molecule has 3 nitrogen and oxygen atoms in total. The number of ether oxygens (including phenoxy) is 1. The van der Waals surface area contributed by atoms with Gasteiger partial charge in [-0.05, 0) is 36.4 Å². The van der Waals surface area contributed by atoms with Crippen LogP contribution in [0.1, 0.15) is 0 Å². The molecule has 1 aromatic heterocycles. The van der Waals surface area contributed by atoms with Crippen molar-refractivity contribution in [2.24, 2.45) is 0 Å². The summed E-state index contributed by atoms with van der Waals surface area (Å²) >= 11 is 3.38. The van der Waals surface area contributed by atoms with E-state index in [4.69, 9.17) is 4.74 Å². The van der Waals surface area contributed by atoms with E-state index < -0.39 is 0 Å². The molecule has 1 N–H and O–H groups in total. The van der Waals surface area contributed by atoms with Crippen LogP contribution in [0.5, 0.6) is 5.75 Å². The molecule has 0 unspecified atom stereocenters. The molecule has 0 aliphatic heterocycles. The number of hydrogen-bond acceptors (Lipinski definition) is 2. The quantitative estimate of drug-likeness (QED) is 0.853. The van der Waals surface area contributed by atoms with E-state index in [-0.39, 0.29) is 0 Å². The molecular weight excluding hydrogens is 268 g/mol. The van der Waals surface area contributed by atoms with Crippen LogP contribution < -0.4 is 10.2 Å². The van der Waals surface area contributed by atoms with E-state index in [2.05, 4.69) is 21.4 Å². The van der Waals surface area contributed by atoms with Crippen LogP contribution in [0.2, 0.25) is 0 Å². The second-order valence-corrected chi connectivity index (χ2v) is 4.22. The Balaban J connectivity index is 1.70. The van der Waals surface area contributed by atoms with Crippen LogP contribution in [0.25, 0.3) is 0 Å². The molecule has 0 radical (unpaired) electrons. The predicted molar refractivity (Wildman–Crippen MR) is 68.3 cm³/mol. The third-order valence-corrected chi connectivity index (χ3v) is 2.61. The Labute approximate surface area is 103 Å². The van der Waals surface area contributed by atoms with E-state index in [0.717, 1.165) is 16.8 Å². The van der Waals surface area contributed by atoms with Gasteiger partial charge in [-0.15, -0.1) is 0 Å². The van der Waals surface area contributed by atoms with E-state index in [1.165, 1.54) is 0 Å². The van der Waals surface area contributed by atoms with Gasteiger partial charge in [0, 0.05) is 16.9 Å². The summed E-state index contributed by atoms with van der Waals surface area (Å²) in [6.45, 7) is 1.41. The maximum atomic E-state index is 5.56. The van der Waals surface area contributed by atoms with Crippen molar-refractivity contribution in [3.05, 3.63) is 53.3 Å². The number of hydrogen-bond donors (Lipinski definition) is 1. The predicted octanol–water partition coefficient (Wildman–Crippen LogP) is 2.87. The first-order valence-electron chi connectivity index (χ1n) is 5.10. The zero-order valence-corrected chi connectivity index (χ0v) is 10.4. The highest BCUT2D eigenvalue weighted by Gasteiger charge is 1.93. The first-order valence-corrected chi connectivity index (χ1v) is 5.89. The summed E-state index contributed by atoms with van der Waals surface area (Å²) in [5.41, 5.74) is 3.19. The van der Waals surface area contributed by atoms with Gasteiger partial charge >= 0.3 is 0 Å². The van der Waals surface area contributed by atoms with Crippen molar-refractivity contribution < 1.29 is 4.74 Å². The van der Waals surface area contributed by atoms with Gasteiger partial charge < -0.3 is 10.2 Å². The van der Waals surface area contributed by atoms with Crippen molar-refractivity contribution in [2.45, 2.75) is 0 Å². The van der Waals surface area contributed by atoms with Crippen LogP contribution in [0.15, 0.2) is 53.3 Å². The number of aromatic nitrogens is 1. The monoisotopic (exact) mass is 280 g/mol. The minimum Gasteiger partial charge on any atom is -0.492 e. The highest BCUT2D eigenvalue weighted by atomic mass is 79.9. The van der Waals surface area contributed by atoms with Gasteiger partial charge in [-0.3, -0.25) is 4.68 Å². The second-order valence-electron chi connectivity index (χ2n) is 3.30. The lowest BCUT2D eigenvalue weighted by atomic mass is 10.3. The molecule has 2 aromatic rings. The Morgan fingerprint density at radius 1 is 1.12 bits per heavy atom. The fourth-order valence-electron chi connectivity index (χ4n) is 1.31. The zero-order chi connectivity index (χ0) is 11.2. The first-order chi connectivity index (χ1) is 7.84. The molecule has 1 heterocycles. The minimum atomic E-state index is 0.639. The van der Waals surface area contributed by atoms with Crippen molar-refractivity contribution in [3.8, 4) is 5.75 Å². The lowest BCUT2D eigenvalue weighted by Gasteiger charge is -2.09. The lowest BCUT2D eigenvalue weighted by Crippen LogP contribution is -2.19. The average Bonchev–Trinajstić information content (AvgIpc) is 2.80. The van der Waals surface area contributed by atoms with Crippen LogP contribution in [-0.4, -0.2) is 17.8 Å². The molecule has 16 heavy (non-hydrogen) atoms. The van der Waals surface area contributed by atoms with Crippen molar-refractivity contribution in [2.75, 3.05) is 18.6 Å². The van der Waals surface area contributed by atoms with Crippen molar-refractivity contribution in [3.63, 3.8) is 0 Å². The third kappa shape index (κ3) is 3.31. The SMILES string of the molecule is Brc1ccc(OCCNn2cccc2)cc1. The number of rotatable bonds is 5. The van der Waals surface area contributed by atoms with Gasteiger partial charge in [-0.1, -0.05) is 15.9 Å². The highest BCUT2D eigenvalue weighted by Crippen LogP contribution is 2.15. The third-order valence-electron chi connectivity index (χ3n) is 2.08. The molecule has 0 saturated heterocycles. The minimum absolute atomic E-state index is 0.639. The number of benzene rings is 1. The summed E-state index contributed by atoms with van der Waals surface area (Å²) in [7, 11) is 0. The first kappa shape index (κ1) is 11.1. The molecular formula is C12H13BrN2O. The summed E-state index contributed by atoms with van der Waals surface area (Å²) in [5.74, 6) is 0.887. The van der Waals surface area contributed by atoms with Crippen molar-refractivity contribution >= 4 is 15.9 Å². The normalized spacial score (nSPS) is 10.1. The summed E-state index contributed by atoms with van der Waals surface area (Å²) in [6.07, 6.45) is 3.92. The molecule has 84 valence electrons. The molecule has 0 amide bonds. The maximum absolute atomic E-state index is 5.56. The van der Waals surface area contributed by atoms with Crippen LogP contribution in [-0.2, 0) is 0 Å². The van der Waals surface area contributed by atoms with Gasteiger partial charge in [-0.25, -0.2) is 0 Å². The van der Waals surface area contributed by atoms with E-state index in [0.29, 0.717) is 6.61 Å². The van der Waals surface area contributed by atoms with Gasteiger partial charge in [0.1, 0.15) is 12.4 Å². The Hall–Kier alpha value is -1.42. The summed E-state index contributed by atoms with van der Waals surface area (Å²) < 4.78 is 8.53. The second kappa shape index (κ2) is 5.61.